The Bertz CT molecular complexity index is 552. The van der Waals surface area contributed by atoms with Gasteiger partial charge in [0.1, 0.15) is 5.82 Å². The van der Waals surface area contributed by atoms with Crippen molar-refractivity contribution in [2.24, 2.45) is 0 Å². The molecule has 19 heavy (non-hydrogen) atoms. The third-order valence-corrected chi connectivity index (χ3v) is 3.39. The lowest BCUT2D eigenvalue weighted by Gasteiger charge is -2.29. The highest BCUT2D eigenvalue weighted by Crippen LogP contribution is 2.22. The van der Waals surface area contributed by atoms with Crippen LogP contribution in [0.3, 0.4) is 0 Å². The van der Waals surface area contributed by atoms with E-state index in [4.69, 9.17) is 5.73 Å². The molecule has 1 saturated heterocycles. The van der Waals surface area contributed by atoms with Crippen LogP contribution in [0.2, 0.25) is 0 Å². The van der Waals surface area contributed by atoms with E-state index in [0.717, 1.165) is 49.1 Å². The first-order valence-electron chi connectivity index (χ1n) is 6.62. The van der Waals surface area contributed by atoms with Crippen molar-refractivity contribution in [3.8, 4) is 5.69 Å². The van der Waals surface area contributed by atoms with Crippen LogP contribution in [-0.2, 0) is 0 Å². The fourth-order valence-corrected chi connectivity index (χ4v) is 2.41. The van der Waals surface area contributed by atoms with Gasteiger partial charge in [0, 0.05) is 37.9 Å². The first-order chi connectivity index (χ1) is 9.24. The zero-order valence-electron chi connectivity index (χ0n) is 11.1. The molecule has 5 heteroatoms. The van der Waals surface area contributed by atoms with Crippen LogP contribution in [0.4, 0.5) is 11.5 Å². The van der Waals surface area contributed by atoms with Crippen molar-refractivity contribution < 1.29 is 0 Å². The van der Waals surface area contributed by atoms with Crippen LogP contribution in [0.15, 0.2) is 30.3 Å². The summed E-state index contributed by atoms with van der Waals surface area (Å²) in [5.74, 6) is 1.16. The summed E-state index contributed by atoms with van der Waals surface area (Å²) in [7, 11) is 0. The molecule has 1 fully saturated rings. The molecule has 0 aliphatic carbocycles. The fourth-order valence-electron chi connectivity index (χ4n) is 2.41. The molecule has 3 N–H and O–H groups in total. The van der Waals surface area contributed by atoms with E-state index in [0.29, 0.717) is 0 Å². The summed E-state index contributed by atoms with van der Waals surface area (Å²) in [4.78, 5) is 2.37. The number of hydrogen-bond acceptors (Lipinski definition) is 4. The van der Waals surface area contributed by atoms with E-state index in [2.05, 4.69) is 21.4 Å². The predicted octanol–water partition coefficient (Wildman–Crippen LogP) is 1.17. The number of aromatic nitrogens is 2. The number of aryl methyl sites for hydroxylation is 1. The van der Waals surface area contributed by atoms with Crippen LogP contribution < -0.4 is 16.0 Å². The second kappa shape index (κ2) is 4.93. The maximum absolute atomic E-state index is 5.74. The molecule has 0 unspecified atom stereocenters. The Labute approximate surface area is 113 Å². The van der Waals surface area contributed by atoms with Gasteiger partial charge in [0.25, 0.3) is 0 Å². The number of anilines is 2. The minimum atomic E-state index is 0.774. The molecule has 1 aliphatic heterocycles. The summed E-state index contributed by atoms with van der Waals surface area (Å²) in [5.41, 5.74) is 8.60. The van der Waals surface area contributed by atoms with Crippen molar-refractivity contribution in [1.29, 1.82) is 0 Å². The molecule has 0 spiro atoms. The Morgan fingerprint density at radius 2 is 1.84 bits per heavy atom. The monoisotopic (exact) mass is 257 g/mol. The van der Waals surface area contributed by atoms with Gasteiger partial charge in [0.15, 0.2) is 0 Å². The molecule has 100 valence electrons. The normalized spacial score (nSPS) is 15.7. The Morgan fingerprint density at radius 1 is 1.16 bits per heavy atom. The second-order valence-corrected chi connectivity index (χ2v) is 4.88. The number of rotatable bonds is 2. The molecule has 3 rings (SSSR count). The van der Waals surface area contributed by atoms with Gasteiger partial charge in [-0.05, 0) is 31.2 Å². The van der Waals surface area contributed by atoms with E-state index < -0.39 is 0 Å². The van der Waals surface area contributed by atoms with Crippen molar-refractivity contribution in [2.45, 2.75) is 6.92 Å². The van der Waals surface area contributed by atoms with Gasteiger partial charge in [-0.3, -0.25) is 0 Å². The van der Waals surface area contributed by atoms with E-state index in [1.165, 1.54) is 0 Å². The zero-order chi connectivity index (χ0) is 13.2. The molecular formula is C14H19N5. The molecule has 2 heterocycles. The van der Waals surface area contributed by atoms with Crippen LogP contribution >= 0.6 is 0 Å². The van der Waals surface area contributed by atoms with Crippen molar-refractivity contribution in [2.75, 3.05) is 36.8 Å². The minimum Gasteiger partial charge on any atom is -0.399 e. The number of nitrogens with zero attached hydrogens (tertiary/aromatic N) is 3. The lowest BCUT2D eigenvalue weighted by molar-refractivity contribution is 0.579. The Balaban J connectivity index is 1.98. The third kappa shape index (κ3) is 2.42. The minimum absolute atomic E-state index is 0.774. The quantitative estimate of drug-likeness (QED) is 0.793. The number of nitrogens with two attached hydrogens (primary N) is 1. The first-order valence-corrected chi connectivity index (χ1v) is 6.62. The molecule has 0 amide bonds. The van der Waals surface area contributed by atoms with Gasteiger partial charge >= 0.3 is 0 Å². The molecule has 5 nitrogen and oxygen atoms in total. The molecule has 0 radical (unpaired) electrons. The van der Waals surface area contributed by atoms with E-state index in [-0.39, 0.29) is 0 Å². The summed E-state index contributed by atoms with van der Waals surface area (Å²) in [6.45, 7) is 6.09. The summed E-state index contributed by atoms with van der Waals surface area (Å²) in [6.07, 6.45) is 0. The molecule has 2 aromatic rings. The topological polar surface area (TPSA) is 59.1 Å². The first kappa shape index (κ1) is 12.0. The van der Waals surface area contributed by atoms with E-state index in [1.54, 1.807) is 0 Å². The highest BCUT2D eigenvalue weighted by molar-refractivity contribution is 5.51. The smallest absolute Gasteiger partial charge is 0.132 e. The van der Waals surface area contributed by atoms with Gasteiger partial charge in [0.05, 0.1) is 11.4 Å². The number of hydrogen-bond donors (Lipinski definition) is 2. The second-order valence-electron chi connectivity index (χ2n) is 4.88. The van der Waals surface area contributed by atoms with Gasteiger partial charge in [-0.15, -0.1) is 0 Å². The van der Waals surface area contributed by atoms with Gasteiger partial charge in [-0.1, -0.05) is 0 Å². The van der Waals surface area contributed by atoms with Gasteiger partial charge < -0.3 is 16.0 Å². The Morgan fingerprint density at radius 3 is 2.53 bits per heavy atom. The molecular weight excluding hydrogens is 238 g/mol. The fraction of sp³-hybridized carbons (Fsp3) is 0.357. The van der Waals surface area contributed by atoms with Gasteiger partial charge in [-0.2, -0.15) is 5.10 Å². The molecule has 0 bridgehead atoms. The van der Waals surface area contributed by atoms with Crippen molar-refractivity contribution >= 4 is 11.5 Å². The van der Waals surface area contributed by atoms with Gasteiger partial charge in [0.2, 0.25) is 0 Å². The summed E-state index contributed by atoms with van der Waals surface area (Å²) in [6, 6.07) is 9.98. The summed E-state index contributed by atoms with van der Waals surface area (Å²) in [5, 5.41) is 7.97. The maximum Gasteiger partial charge on any atom is 0.132 e. The predicted molar refractivity (Wildman–Crippen MR) is 77.8 cm³/mol. The number of nitrogens with one attached hydrogen (secondary N) is 1. The molecule has 0 atom stereocenters. The SMILES string of the molecule is Cc1cc(N2CCNCC2)n(-c2ccc(N)cc2)n1. The van der Waals surface area contributed by atoms with Crippen LogP contribution in [0, 0.1) is 6.92 Å². The Kier molecular flexibility index (Phi) is 3.13. The molecule has 0 saturated carbocycles. The zero-order valence-corrected chi connectivity index (χ0v) is 11.1. The number of benzene rings is 1. The average Bonchev–Trinajstić information content (AvgIpc) is 2.83. The van der Waals surface area contributed by atoms with Crippen molar-refractivity contribution in [3.63, 3.8) is 0 Å². The average molecular weight is 257 g/mol. The molecule has 1 aromatic carbocycles. The van der Waals surface area contributed by atoms with Gasteiger partial charge in [-0.25, -0.2) is 4.68 Å². The lowest BCUT2D eigenvalue weighted by atomic mass is 10.3. The summed E-state index contributed by atoms with van der Waals surface area (Å²) >= 11 is 0. The molecule has 1 aliphatic rings. The van der Waals surface area contributed by atoms with E-state index in [9.17, 15) is 0 Å². The highest BCUT2D eigenvalue weighted by atomic mass is 15.4. The largest absolute Gasteiger partial charge is 0.399 e. The van der Waals surface area contributed by atoms with Crippen molar-refractivity contribution in [1.82, 2.24) is 15.1 Å². The third-order valence-electron chi connectivity index (χ3n) is 3.39. The van der Waals surface area contributed by atoms with E-state index in [1.807, 2.05) is 35.9 Å². The van der Waals surface area contributed by atoms with E-state index >= 15 is 0 Å². The standard InChI is InChI=1S/C14H19N5/c1-11-10-14(18-8-6-16-7-9-18)19(17-11)13-4-2-12(15)3-5-13/h2-5,10,16H,6-9,15H2,1H3. The lowest BCUT2D eigenvalue weighted by Crippen LogP contribution is -2.44. The van der Waals surface area contributed by atoms with Crippen LogP contribution in [0.5, 0.6) is 0 Å². The van der Waals surface area contributed by atoms with Crippen LogP contribution in [-0.4, -0.2) is 36.0 Å². The Hall–Kier alpha value is -2.01. The number of nitrogen functional groups attached to an aromatic ring is 1. The van der Waals surface area contributed by atoms with Crippen molar-refractivity contribution in [3.05, 3.63) is 36.0 Å². The van der Waals surface area contributed by atoms with Crippen LogP contribution in [0.25, 0.3) is 5.69 Å². The van der Waals surface area contributed by atoms with Crippen LogP contribution in [0.1, 0.15) is 5.69 Å². The number of piperazine rings is 1. The highest BCUT2D eigenvalue weighted by Gasteiger charge is 2.16. The summed E-state index contributed by atoms with van der Waals surface area (Å²) < 4.78 is 2.00. The molecule has 1 aromatic heterocycles. The maximum atomic E-state index is 5.74.